The molecule has 2 heterocycles. The van der Waals surface area contributed by atoms with Crippen molar-refractivity contribution in [1.29, 1.82) is 0 Å². The Kier molecular flexibility index (Phi) is 6.36. The number of carbonyl (C=O) groups is 1. The number of ether oxygens (including phenoxy) is 1. The van der Waals surface area contributed by atoms with E-state index >= 15 is 4.39 Å². The fourth-order valence-electron chi connectivity index (χ4n) is 4.48. The number of aliphatic hydroxyl groups excluding tert-OH is 1. The summed E-state index contributed by atoms with van der Waals surface area (Å²) in [5, 5.41) is 22.5. The first-order valence-electron chi connectivity index (χ1n) is 10.8. The van der Waals surface area contributed by atoms with Crippen LogP contribution in [0, 0.1) is 5.82 Å². The number of piperazine rings is 1. The van der Waals surface area contributed by atoms with Crippen LogP contribution in [0.4, 0.5) is 10.1 Å². The van der Waals surface area contributed by atoms with Crippen LogP contribution in [0.15, 0.2) is 17.1 Å². The number of pyridine rings is 1. The maximum atomic E-state index is 15.3. The van der Waals surface area contributed by atoms with Crippen molar-refractivity contribution in [3.05, 3.63) is 33.9 Å². The number of likely N-dealkylation sites (N-methyl/N-ethyl adjacent to an activating group) is 1. The van der Waals surface area contributed by atoms with Crippen LogP contribution in [0.5, 0.6) is 5.75 Å². The first-order chi connectivity index (χ1) is 15.3. The Morgan fingerprint density at radius 3 is 2.56 bits per heavy atom. The van der Waals surface area contributed by atoms with Gasteiger partial charge in [-0.05, 0) is 26.0 Å². The second kappa shape index (κ2) is 9.05. The van der Waals surface area contributed by atoms with Crippen molar-refractivity contribution in [3.8, 4) is 5.75 Å². The number of halogens is 1. The van der Waals surface area contributed by atoms with Gasteiger partial charge in [-0.15, -0.1) is 0 Å². The van der Waals surface area contributed by atoms with E-state index in [1.807, 2.05) is 4.90 Å². The summed E-state index contributed by atoms with van der Waals surface area (Å²) < 4.78 is 22.7. The van der Waals surface area contributed by atoms with Gasteiger partial charge in [-0.3, -0.25) is 9.69 Å². The zero-order chi connectivity index (χ0) is 23.0. The maximum Gasteiger partial charge on any atom is 0.341 e. The van der Waals surface area contributed by atoms with Gasteiger partial charge >= 0.3 is 5.97 Å². The summed E-state index contributed by atoms with van der Waals surface area (Å²) in [5.74, 6) is -1.68. The average Bonchev–Trinajstić information content (AvgIpc) is 3.59. The fourth-order valence-corrected chi connectivity index (χ4v) is 4.48. The van der Waals surface area contributed by atoms with Gasteiger partial charge in [0.15, 0.2) is 11.6 Å². The quantitative estimate of drug-likeness (QED) is 0.547. The Morgan fingerprint density at radius 2 is 2.00 bits per heavy atom. The van der Waals surface area contributed by atoms with E-state index in [1.165, 1.54) is 13.3 Å². The van der Waals surface area contributed by atoms with Gasteiger partial charge in [0.25, 0.3) is 0 Å². The van der Waals surface area contributed by atoms with Crippen molar-refractivity contribution in [3.63, 3.8) is 0 Å². The van der Waals surface area contributed by atoms with Gasteiger partial charge < -0.3 is 29.7 Å². The number of carboxylic acid groups (broad SMARTS) is 1. The molecular weight excluding hydrogens is 419 g/mol. The number of fused-ring (bicyclic) bond motifs is 1. The molecule has 10 heteroatoms. The second-order valence-electron chi connectivity index (χ2n) is 8.45. The summed E-state index contributed by atoms with van der Waals surface area (Å²) >= 11 is 0. The standard InChI is InChI=1S/C22H29FN4O5/c1-24-10-14(28)11-25-5-7-26(8-6-25)19-17(23)9-15-18(21(19)32-2)27(13-3-4-13)12-16(20(15)29)22(30)31/h9,12-14,24,28H,3-8,10-11H2,1-2H3,(H,30,31). The summed E-state index contributed by atoms with van der Waals surface area (Å²) in [6, 6.07) is 1.21. The van der Waals surface area contributed by atoms with Crippen molar-refractivity contribution in [2.45, 2.75) is 25.0 Å². The molecule has 1 aliphatic carbocycles. The minimum absolute atomic E-state index is 0.0173. The number of benzene rings is 1. The molecule has 0 amide bonds. The number of β-amino-alcohol motifs (C(OH)–C–C–N with tert-alkyl or cyclic N) is 1. The van der Waals surface area contributed by atoms with E-state index in [-0.39, 0.29) is 28.4 Å². The number of rotatable bonds is 8. The lowest BCUT2D eigenvalue weighted by Crippen LogP contribution is -2.50. The zero-order valence-corrected chi connectivity index (χ0v) is 18.3. The lowest BCUT2D eigenvalue weighted by atomic mass is 10.1. The van der Waals surface area contributed by atoms with Gasteiger partial charge in [0.1, 0.15) is 11.3 Å². The van der Waals surface area contributed by atoms with E-state index in [2.05, 4.69) is 10.2 Å². The third-order valence-electron chi connectivity index (χ3n) is 6.17. The predicted octanol–water partition coefficient (Wildman–Crippen LogP) is 0.885. The van der Waals surface area contributed by atoms with Crippen LogP contribution in [-0.2, 0) is 0 Å². The SMILES string of the molecule is CNCC(O)CN1CCN(c2c(F)cc3c(=O)c(C(=O)O)cn(C4CC4)c3c2OC)CC1. The molecule has 174 valence electrons. The van der Waals surface area contributed by atoms with Crippen molar-refractivity contribution in [2.24, 2.45) is 0 Å². The molecular formula is C22H29FN4O5. The summed E-state index contributed by atoms with van der Waals surface area (Å²) in [6.07, 6.45) is 2.60. The molecule has 32 heavy (non-hydrogen) atoms. The van der Waals surface area contributed by atoms with E-state index in [1.54, 1.807) is 11.6 Å². The smallest absolute Gasteiger partial charge is 0.341 e. The largest absolute Gasteiger partial charge is 0.492 e. The topological polar surface area (TPSA) is 107 Å². The maximum absolute atomic E-state index is 15.3. The predicted molar refractivity (Wildman–Crippen MR) is 119 cm³/mol. The van der Waals surface area contributed by atoms with E-state index in [4.69, 9.17) is 4.74 Å². The first-order valence-corrected chi connectivity index (χ1v) is 10.8. The van der Waals surface area contributed by atoms with Crippen molar-refractivity contribution in [1.82, 2.24) is 14.8 Å². The van der Waals surface area contributed by atoms with Crippen LogP contribution in [0.3, 0.4) is 0 Å². The van der Waals surface area contributed by atoms with E-state index in [9.17, 15) is 19.8 Å². The van der Waals surface area contributed by atoms with E-state index in [0.29, 0.717) is 44.8 Å². The molecule has 2 fully saturated rings. The van der Waals surface area contributed by atoms with Crippen molar-refractivity contribution >= 4 is 22.6 Å². The highest BCUT2D eigenvalue weighted by Crippen LogP contribution is 2.43. The molecule has 1 aromatic carbocycles. The highest BCUT2D eigenvalue weighted by Gasteiger charge is 2.32. The molecule has 2 aromatic rings. The minimum atomic E-state index is -1.33. The number of aliphatic hydroxyl groups is 1. The van der Waals surface area contributed by atoms with Gasteiger partial charge in [0.2, 0.25) is 5.43 Å². The molecule has 0 bridgehead atoms. The summed E-state index contributed by atoms with van der Waals surface area (Å²) in [7, 11) is 3.23. The van der Waals surface area contributed by atoms with E-state index < -0.39 is 23.3 Å². The summed E-state index contributed by atoms with van der Waals surface area (Å²) in [5.41, 5.74) is -0.357. The van der Waals surface area contributed by atoms with Crippen molar-refractivity contribution in [2.75, 3.05) is 58.3 Å². The third-order valence-corrected chi connectivity index (χ3v) is 6.17. The number of aromatic carboxylic acids is 1. The van der Waals surface area contributed by atoms with Gasteiger partial charge in [0.05, 0.1) is 24.1 Å². The van der Waals surface area contributed by atoms with Crippen LogP contribution >= 0.6 is 0 Å². The fraction of sp³-hybridized carbons (Fsp3) is 0.545. The van der Waals surface area contributed by atoms with Gasteiger partial charge in [-0.1, -0.05) is 0 Å². The number of nitrogens with zero attached hydrogens (tertiary/aromatic N) is 3. The molecule has 1 saturated heterocycles. The Balaban J connectivity index is 1.73. The average molecular weight is 448 g/mol. The lowest BCUT2D eigenvalue weighted by Gasteiger charge is -2.37. The van der Waals surface area contributed by atoms with Gasteiger partial charge in [0, 0.05) is 51.5 Å². The van der Waals surface area contributed by atoms with Crippen LogP contribution < -0.4 is 20.4 Å². The molecule has 1 saturated carbocycles. The molecule has 1 atom stereocenters. The normalized spacial score (nSPS) is 18.2. The number of hydrogen-bond acceptors (Lipinski definition) is 7. The van der Waals surface area contributed by atoms with Crippen LogP contribution in [0.25, 0.3) is 10.9 Å². The van der Waals surface area contributed by atoms with Gasteiger partial charge in [-0.25, -0.2) is 9.18 Å². The Hall–Kier alpha value is -2.69. The lowest BCUT2D eigenvalue weighted by molar-refractivity contribution is 0.0694. The van der Waals surface area contributed by atoms with Gasteiger partial charge in [-0.2, -0.15) is 0 Å². The molecule has 4 rings (SSSR count). The molecule has 9 nitrogen and oxygen atoms in total. The molecule has 1 aromatic heterocycles. The third kappa shape index (κ3) is 4.17. The van der Waals surface area contributed by atoms with Crippen LogP contribution in [0.1, 0.15) is 29.2 Å². The van der Waals surface area contributed by atoms with Crippen LogP contribution in [-0.4, -0.2) is 85.2 Å². The highest BCUT2D eigenvalue weighted by atomic mass is 19.1. The molecule has 2 aliphatic rings. The molecule has 3 N–H and O–H groups in total. The number of aromatic nitrogens is 1. The molecule has 0 spiro atoms. The number of hydrogen-bond donors (Lipinski definition) is 3. The Bertz CT molecular complexity index is 1080. The molecule has 0 radical (unpaired) electrons. The second-order valence-corrected chi connectivity index (χ2v) is 8.45. The zero-order valence-electron chi connectivity index (χ0n) is 18.3. The minimum Gasteiger partial charge on any atom is -0.492 e. The van der Waals surface area contributed by atoms with Crippen molar-refractivity contribution < 1.29 is 24.1 Å². The number of methoxy groups -OCH3 is 1. The molecule has 1 unspecified atom stereocenters. The number of anilines is 1. The highest BCUT2D eigenvalue weighted by molar-refractivity contribution is 5.97. The first kappa shape index (κ1) is 22.5. The monoisotopic (exact) mass is 448 g/mol. The summed E-state index contributed by atoms with van der Waals surface area (Å²) in [4.78, 5) is 28.4. The number of nitrogens with one attached hydrogen (secondary N) is 1. The molecule has 1 aliphatic heterocycles. The Labute approximate surface area is 185 Å². The summed E-state index contributed by atoms with van der Waals surface area (Å²) in [6.45, 7) is 3.40. The van der Waals surface area contributed by atoms with E-state index in [0.717, 1.165) is 18.9 Å². The van der Waals surface area contributed by atoms with Crippen LogP contribution in [0.2, 0.25) is 0 Å². The number of carboxylic acids is 1. The Morgan fingerprint density at radius 1 is 1.31 bits per heavy atom.